The lowest BCUT2D eigenvalue weighted by atomic mass is 9.96. The molecule has 122 valence electrons. The second-order valence-corrected chi connectivity index (χ2v) is 5.38. The van der Waals surface area contributed by atoms with E-state index in [0.29, 0.717) is 36.6 Å². The van der Waals surface area contributed by atoms with Crippen molar-refractivity contribution in [2.75, 3.05) is 34.4 Å². The number of nitrogens with zero attached hydrogens (tertiary/aromatic N) is 1. The summed E-state index contributed by atoms with van der Waals surface area (Å²) in [5.41, 5.74) is 1.01. The Morgan fingerprint density at radius 1 is 1.14 bits per heavy atom. The molecule has 22 heavy (non-hydrogen) atoms. The molecule has 0 bridgehead atoms. The van der Waals surface area contributed by atoms with Crippen molar-refractivity contribution < 1.29 is 24.1 Å². The van der Waals surface area contributed by atoms with Crippen LogP contribution < -0.4 is 14.2 Å². The van der Waals surface area contributed by atoms with Crippen molar-refractivity contribution in [3.63, 3.8) is 0 Å². The van der Waals surface area contributed by atoms with E-state index in [1.807, 2.05) is 12.1 Å². The van der Waals surface area contributed by atoms with E-state index in [4.69, 9.17) is 19.3 Å². The summed E-state index contributed by atoms with van der Waals surface area (Å²) >= 11 is 0. The molecule has 6 heteroatoms. The van der Waals surface area contributed by atoms with E-state index < -0.39 is 5.97 Å². The van der Waals surface area contributed by atoms with Gasteiger partial charge in [-0.25, -0.2) is 0 Å². The highest BCUT2D eigenvalue weighted by molar-refractivity contribution is 5.70. The number of methoxy groups -OCH3 is 3. The van der Waals surface area contributed by atoms with Gasteiger partial charge in [-0.1, -0.05) is 6.07 Å². The Labute approximate surface area is 130 Å². The molecule has 1 fully saturated rings. The molecule has 0 aliphatic carbocycles. The molecule has 6 nitrogen and oxygen atoms in total. The van der Waals surface area contributed by atoms with Gasteiger partial charge in [-0.15, -0.1) is 0 Å². The highest BCUT2D eigenvalue weighted by Gasteiger charge is 2.25. The van der Waals surface area contributed by atoms with Crippen LogP contribution in [0.3, 0.4) is 0 Å². The van der Waals surface area contributed by atoms with Crippen molar-refractivity contribution in [2.24, 2.45) is 5.92 Å². The average Bonchev–Trinajstić information content (AvgIpc) is 2.54. The van der Waals surface area contributed by atoms with E-state index in [2.05, 4.69) is 4.90 Å². The third-order valence-corrected chi connectivity index (χ3v) is 4.12. The van der Waals surface area contributed by atoms with E-state index >= 15 is 0 Å². The smallest absolute Gasteiger partial charge is 0.306 e. The van der Waals surface area contributed by atoms with Crippen LogP contribution in [0.2, 0.25) is 0 Å². The third kappa shape index (κ3) is 3.44. The number of likely N-dealkylation sites (tertiary alicyclic amines) is 1. The molecule has 1 aromatic rings. The predicted octanol–water partition coefficient (Wildman–Crippen LogP) is 2.01. The van der Waals surface area contributed by atoms with Gasteiger partial charge >= 0.3 is 5.97 Å². The van der Waals surface area contributed by atoms with Gasteiger partial charge in [0.05, 0.1) is 27.2 Å². The molecule has 1 aliphatic heterocycles. The molecule has 1 N–H and O–H groups in total. The Morgan fingerprint density at radius 3 is 2.27 bits per heavy atom. The number of hydrogen-bond donors (Lipinski definition) is 1. The fourth-order valence-electron chi connectivity index (χ4n) is 2.87. The molecule has 1 heterocycles. The third-order valence-electron chi connectivity index (χ3n) is 4.12. The summed E-state index contributed by atoms with van der Waals surface area (Å²) in [5, 5.41) is 9.05. The zero-order chi connectivity index (χ0) is 16.1. The normalized spacial score (nSPS) is 16.3. The monoisotopic (exact) mass is 309 g/mol. The Hall–Kier alpha value is -1.95. The van der Waals surface area contributed by atoms with Crippen molar-refractivity contribution in [3.05, 3.63) is 17.7 Å². The average molecular weight is 309 g/mol. The van der Waals surface area contributed by atoms with Crippen molar-refractivity contribution in [1.82, 2.24) is 4.90 Å². The molecule has 0 radical (unpaired) electrons. The minimum Gasteiger partial charge on any atom is -0.493 e. The Kier molecular flexibility index (Phi) is 5.49. The largest absolute Gasteiger partial charge is 0.493 e. The molecule has 0 atom stereocenters. The van der Waals surface area contributed by atoms with Crippen molar-refractivity contribution in [2.45, 2.75) is 19.4 Å². The summed E-state index contributed by atoms with van der Waals surface area (Å²) in [4.78, 5) is 13.2. The first kappa shape index (κ1) is 16.4. The molecule has 1 aromatic carbocycles. The van der Waals surface area contributed by atoms with Crippen LogP contribution in [0.5, 0.6) is 17.2 Å². The predicted molar refractivity (Wildman–Crippen MR) is 81.7 cm³/mol. The molecule has 0 saturated carbocycles. The Balaban J connectivity index is 2.12. The van der Waals surface area contributed by atoms with Crippen LogP contribution in [0.4, 0.5) is 0 Å². The van der Waals surface area contributed by atoms with Crippen molar-refractivity contribution >= 4 is 5.97 Å². The maximum atomic E-state index is 11.0. The lowest BCUT2D eigenvalue weighted by Gasteiger charge is -2.30. The molecular weight excluding hydrogens is 286 g/mol. The van der Waals surface area contributed by atoms with Crippen LogP contribution >= 0.6 is 0 Å². The minimum absolute atomic E-state index is 0.219. The number of ether oxygens (including phenoxy) is 3. The molecule has 0 aromatic heterocycles. The number of carbonyl (C=O) groups is 1. The van der Waals surface area contributed by atoms with E-state index in [1.54, 1.807) is 21.3 Å². The SMILES string of the molecule is COc1ccc(CN2CCC(C(=O)O)CC2)c(OC)c1OC. The van der Waals surface area contributed by atoms with Gasteiger partial charge in [0.2, 0.25) is 5.75 Å². The van der Waals surface area contributed by atoms with E-state index in [0.717, 1.165) is 18.7 Å². The molecule has 2 rings (SSSR count). The zero-order valence-electron chi connectivity index (χ0n) is 13.3. The molecular formula is C16H23NO5. The summed E-state index contributed by atoms with van der Waals surface area (Å²) in [6, 6.07) is 3.82. The van der Waals surface area contributed by atoms with E-state index in [1.165, 1.54) is 0 Å². The van der Waals surface area contributed by atoms with Crippen molar-refractivity contribution in [1.29, 1.82) is 0 Å². The fraction of sp³-hybridized carbons (Fsp3) is 0.562. The number of rotatable bonds is 6. The van der Waals surface area contributed by atoms with Crippen LogP contribution in [0.15, 0.2) is 12.1 Å². The van der Waals surface area contributed by atoms with E-state index in [9.17, 15) is 4.79 Å². The number of piperidine rings is 1. The van der Waals surface area contributed by atoms with Gasteiger partial charge in [0.15, 0.2) is 11.5 Å². The van der Waals surface area contributed by atoms with Gasteiger partial charge in [0.25, 0.3) is 0 Å². The molecule has 1 saturated heterocycles. The van der Waals surface area contributed by atoms with Crippen molar-refractivity contribution in [3.8, 4) is 17.2 Å². The maximum absolute atomic E-state index is 11.0. The summed E-state index contributed by atoms with van der Waals surface area (Å²) < 4.78 is 16.2. The van der Waals surface area contributed by atoms with Gasteiger partial charge in [0.1, 0.15) is 0 Å². The van der Waals surface area contributed by atoms with Crippen LogP contribution in [0, 0.1) is 5.92 Å². The number of carboxylic acids is 1. The van der Waals surface area contributed by atoms with Gasteiger partial charge in [0, 0.05) is 12.1 Å². The summed E-state index contributed by atoms with van der Waals surface area (Å²) in [7, 11) is 4.79. The quantitative estimate of drug-likeness (QED) is 0.867. The van der Waals surface area contributed by atoms with Gasteiger partial charge in [-0.2, -0.15) is 0 Å². The maximum Gasteiger partial charge on any atom is 0.306 e. The molecule has 0 unspecified atom stereocenters. The molecule has 1 aliphatic rings. The van der Waals surface area contributed by atoms with Gasteiger partial charge in [-0.3, -0.25) is 9.69 Å². The van der Waals surface area contributed by atoms with Crippen LogP contribution in [0.25, 0.3) is 0 Å². The first-order valence-corrected chi connectivity index (χ1v) is 7.33. The van der Waals surface area contributed by atoms with Crippen LogP contribution in [-0.4, -0.2) is 50.4 Å². The van der Waals surface area contributed by atoms with Crippen LogP contribution in [-0.2, 0) is 11.3 Å². The minimum atomic E-state index is -0.691. The second kappa shape index (κ2) is 7.35. The number of aliphatic carboxylic acids is 1. The standard InChI is InChI=1S/C16H23NO5/c1-20-13-5-4-12(14(21-2)15(13)22-3)10-17-8-6-11(7-9-17)16(18)19/h4-5,11H,6-10H2,1-3H3,(H,18,19). The van der Waals surface area contributed by atoms with E-state index in [-0.39, 0.29) is 5.92 Å². The number of carboxylic acid groups (broad SMARTS) is 1. The fourth-order valence-corrected chi connectivity index (χ4v) is 2.87. The highest BCUT2D eigenvalue weighted by atomic mass is 16.5. The molecule has 0 spiro atoms. The first-order valence-electron chi connectivity index (χ1n) is 7.33. The van der Waals surface area contributed by atoms with Crippen LogP contribution in [0.1, 0.15) is 18.4 Å². The number of hydrogen-bond acceptors (Lipinski definition) is 5. The topological polar surface area (TPSA) is 68.2 Å². The first-order chi connectivity index (χ1) is 10.6. The Morgan fingerprint density at radius 2 is 1.77 bits per heavy atom. The van der Waals surface area contributed by atoms with Gasteiger partial charge < -0.3 is 19.3 Å². The highest BCUT2D eigenvalue weighted by Crippen LogP contribution is 2.40. The summed E-state index contributed by atoms with van der Waals surface area (Å²) in [5.74, 6) is 0.977. The summed E-state index contributed by atoms with van der Waals surface area (Å²) in [6.07, 6.45) is 1.37. The Bertz CT molecular complexity index is 524. The molecule has 0 amide bonds. The zero-order valence-corrected chi connectivity index (χ0v) is 13.3. The summed E-state index contributed by atoms with van der Waals surface area (Å²) in [6.45, 7) is 2.25. The second-order valence-electron chi connectivity index (χ2n) is 5.38. The lowest BCUT2D eigenvalue weighted by Crippen LogP contribution is -2.35. The van der Waals surface area contributed by atoms with Gasteiger partial charge in [-0.05, 0) is 32.0 Å². The lowest BCUT2D eigenvalue weighted by molar-refractivity contribution is -0.143. The number of benzene rings is 1.